The van der Waals surface area contributed by atoms with Crippen LogP contribution in [0.15, 0.2) is 83.2 Å². The summed E-state index contributed by atoms with van der Waals surface area (Å²) in [6.45, 7) is 3.29. The summed E-state index contributed by atoms with van der Waals surface area (Å²) in [4.78, 5) is 24.1. The van der Waals surface area contributed by atoms with Crippen LogP contribution in [0.5, 0.6) is 11.5 Å². The molecule has 0 saturated carbocycles. The van der Waals surface area contributed by atoms with E-state index in [-0.39, 0.29) is 11.7 Å². The molecule has 0 spiro atoms. The number of benzene rings is 3. The van der Waals surface area contributed by atoms with Gasteiger partial charge in [-0.05, 0) is 62.4 Å². The Morgan fingerprint density at radius 1 is 0.912 bits per heavy atom. The molecule has 0 radical (unpaired) electrons. The number of ether oxygens (including phenoxy) is 1. The average Bonchev–Trinajstić information content (AvgIpc) is 3.27. The van der Waals surface area contributed by atoms with E-state index in [9.17, 15) is 9.59 Å². The van der Waals surface area contributed by atoms with Crippen molar-refractivity contribution in [1.82, 2.24) is 10.2 Å². The molecule has 1 heterocycles. The summed E-state index contributed by atoms with van der Waals surface area (Å²) in [5.41, 5.74) is 1.99. The minimum absolute atomic E-state index is 0.0502. The summed E-state index contributed by atoms with van der Waals surface area (Å²) in [7, 11) is 0. The van der Waals surface area contributed by atoms with Gasteiger partial charge in [0.05, 0.1) is 5.25 Å². The van der Waals surface area contributed by atoms with E-state index in [2.05, 4.69) is 20.8 Å². The maximum Gasteiger partial charge on any atom is 0.237 e. The molecule has 0 fully saturated rings. The average molecular weight is 491 g/mol. The molecular formula is C25H22N4O3S2. The molecule has 0 aliphatic carbocycles. The van der Waals surface area contributed by atoms with Crippen LogP contribution in [0.2, 0.25) is 0 Å². The van der Waals surface area contributed by atoms with Crippen molar-refractivity contribution in [1.29, 1.82) is 0 Å². The number of nitrogens with zero attached hydrogens (tertiary/aromatic N) is 2. The number of carbonyl (C=O) groups is 2. The Balaban J connectivity index is 1.31. The molecule has 3 aromatic carbocycles. The van der Waals surface area contributed by atoms with Crippen molar-refractivity contribution in [3.8, 4) is 11.5 Å². The lowest BCUT2D eigenvalue weighted by molar-refractivity contribution is -0.115. The van der Waals surface area contributed by atoms with Gasteiger partial charge >= 0.3 is 0 Å². The fourth-order valence-electron chi connectivity index (χ4n) is 2.93. The van der Waals surface area contributed by atoms with Gasteiger partial charge in [0.25, 0.3) is 0 Å². The number of nitrogens with one attached hydrogen (secondary N) is 2. The Morgan fingerprint density at radius 3 is 2.38 bits per heavy atom. The summed E-state index contributed by atoms with van der Waals surface area (Å²) in [5.74, 6) is 1.29. The Hall–Kier alpha value is -3.69. The summed E-state index contributed by atoms with van der Waals surface area (Å²) < 4.78 is 6.48. The second kappa shape index (κ2) is 11.0. The van der Waals surface area contributed by atoms with Gasteiger partial charge in [-0.3, -0.25) is 9.59 Å². The topological polar surface area (TPSA) is 93.2 Å². The lowest BCUT2D eigenvalue weighted by Gasteiger charge is -2.10. The zero-order valence-corrected chi connectivity index (χ0v) is 20.2. The molecule has 4 aromatic rings. The van der Waals surface area contributed by atoms with E-state index in [1.54, 1.807) is 31.2 Å². The second-order valence-electron chi connectivity index (χ2n) is 7.32. The summed E-state index contributed by atoms with van der Waals surface area (Å²) in [5, 5.41) is 14.6. The molecule has 2 N–H and O–H groups in total. The number of anilines is 3. The first-order chi connectivity index (χ1) is 16.5. The minimum atomic E-state index is -0.392. The van der Waals surface area contributed by atoms with E-state index in [4.69, 9.17) is 4.74 Å². The molecule has 0 aliphatic rings. The highest BCUT2D eigenvalue weighted by Crippen LogP contribution is 2.31. The van der Waals surface area contributed by atoms with Crippen molar-refractivity contribution < 1.29 is 14.3 Å². The third-order valence-electron chi connectivity index (χ3n) is 4.67. The van der Waals surface area contributed by atoms with Gasteiger partial charge in [0.15, 0.2) is 10.1 Å². The van der Waals surface area contributed by atoms with Gasteiger partial charge in [0, 0.05) is 16.9 Å². The van der Waals surface area contributed by atoms with Gasteiger partial charge in [-0.15, -0.1) is 10.2 Å². The first-order valence-electron chi connectivity index (χ1n) is 10.5. The number of amides is 1. The highest BCUT2D eigenvalue weighted by Gasteiger charge is 2.18. The smallest absolute Gasteiger partial charge is 0.237 e. The highest BCUT2D eigenvalue weighted by atomic mass is 32.2. The molecule has 1 atom stereocenters. The zero-order chi connectivity index (χ0) is 23.9. The molecule has 1 amide bonds. The van der Waals surface area contributed by atoms with E-state index in [0.717, 1.165) is 17.2 Å². The van der Waals surface area contributed by atoms with Crippen LogP contribution in [0.1, 0.15) is 24.2 Å². The maximum atomic E-state index is 12.6. The van der Waals surface area contributed by atoms with Crippen LogP contribution in [0.4, 0.5) is 16.5 Å². The van der Waals surface area contributed by atoms with E-state index in [0.29, 0.717) is 20.7 Å². The second-order valence-corrected chi connectivity index (χ2v) is 9.89. The number of carbonyl (C=O) groups excluding carboxylic acids is 2. The van der Waals surface area contributed by atoms with Crippen molar-refractivity contribution in [2.24, 2.45) is 0 Å². The molecule has 0 bridgehead atoms. The molecule has 0 unspecified atom stereocenters. The third kappa shape index (κ3) is 6.43. The molecule has 172 valence electrons. The normalized spacial score (nSPS) is 11.5. The Labute approximate surface area is 205 Å². The Bertz CT molecular complexity index is 1280. The number of thioether (sulfide) groups is 1. The molecule has 7 nitrogen and oxygen atoms in total. The van der Waals surface area contributed by atoms with Gasteiger partial charge in [0.2, 0.25) is 11.0 Å². The highest BCUT2D eigenvalue weighted by molar-refractivity contribution is 8.02. The third-order valence-corrected chi connectivity index (χ3v) is 6.70. The molecule has 9 heteroatoms. The van der Waals surface area contributed by atoms with Gasteiger partial charge in [-0.1, -0.05) is 53.4 Å². The number of ketones is 1. The SMILES string of the molecule is CC(=O)c1cccc(NC(=O)[C@H](C)Sc2nnc(Nc3ccc(Oc4ccccc4)cc3)s2)c1. The van der Waals surface area contributed by atoms with Gasteiger partial charge in [-0.25, -0.2) is 0 Å². The van der Waals surface area contributed by atoms with Gasteiger partial charge in [0.1, 0.15) is 11.5 Å². The first-order valence-corrected chi connectivity index (χ1v) is 12.2. The molecule has 0 saturated heterocycles. The van der Waals surface area contributed by atoms with E-state index < -0.39 is 5.25 Å². The summed E-state index contributed by atoms with van der Waals surface area (Å²) in [6.07, 6.45) is 0. The predicted octanol–water partition coefficient (Wildman–Crippen LogP) is 6.40. The molecule has 0 aliphatic heterocycles. The number of Topliss-reactive ketones (excluding diaryl/α,β-unsaturated/α-hetero) is 1. The Morgan fingerprint density at radius 2 is 1.65 bits per heavy atom. The van der Waals surface area contributed by atoms with E-state index >= 15 is 0 Å². The van der Waals surface area contributed by atoms with Crippen LogP contribution in [0.3, 0.4) is 0 Å². The van der Waals surface area contributed by atoms with Gasteiger partial charge < -0.3 is 15.4 Å². The number of hydrogen-bond donors (Lipinski definition) is 2. The maximum absolute atomic E-state index is 12.6. The van der Waals surface area contributed by atoms with E-state index in [1.165, 1.54) is 30.0 Å². The van der Waals surface area contributed by atoms with Crippen LogP contribution < -0.4 is 15.4 Å². The lowest BCUT2D eigenvalue weighted by Crippen LogP contribution is -2.22. The Kier molecular flexibility index (Phi) is 7.56. The van der Waals surface area contributed by atoms with Crippen LogP contribution >= 0.6 is 23.1 Å². The van der Waals surface area contributed by atoms with Crippen molar-refractivity contribution in [3.05, 3.63) is 84.4 Å². The van der Waals surface area contributed by atoms with Crippen molar-refractivity contribution in [2.75, 3.05) is 10.6 Å². The van der Waals surface area contributed by atoms with Crippen molar-refractivity contribution in [2.45, 2.75) is 23.4 Å². The predicted molar refractivity (Wildman–Crippen MR) is 137 cm³/mol. The van der Waals surface area contributed by atoms with E-state index in [1.807, 2.05) is 54.6 Å². The van der Waals surface area contributed by atoms with Gasteiger partial charge in [-0.2, -0.15) is 0 Å². The molecule has 34 heavy (non-hydrogen) atoms. The molecular weight excluding hydrogens is 468 g/mol. The summed E-state index contributed by atoms with van der Waals surface area (Å²) >= 11 is 2.69. The standard InChI is InChI=1S/C25H22N4O3S2/c1-16(30)18-7-6-8-20(15-18)26-23(31)17(2)33-25-29-28-24(34-25)27-19-11-13-22(14-12-19)32-21-9-4-3-5-10-21/h3-15,17H,1-2H3,(H,26,31)(H,27,28)/t17-/m0/s1. The lowest BCUT2D eigenvalue weighted by atomic mass is 10.1. The van der Waals surface area contributed by atoms with Crippen LogP contribution in [0.25, 0.3) is 0 Å². The molecule has 1 aromatic heterocycles. The minimum Gasteiger partial charge on any atom is -0.457 e. The van der Waals surface area contributed by atoms with Crippen molar-refractivity contribution >= 4 is 51.3 Å². The number of hydrogen-bond acceptors (Lipinski definition) is 8. The van der Waals surface area contributed by atoms with Crippen LogP contribution in [-0.4, -0.2) is 27.1 Å². The van der Waals surface area contributed by atoms with Crippen LogP contribution in [0, 0.1) is 0 Å². The monoisotopic (exact) mass is 490 g/mol. The fraction of sp³-hybridized carbons (Fsp3) is 0.120. The van der Waals surface area contributed by atoms with Crippen molar-refractivity contribution in [3.63, 3.8) is 0 Å². The summed E-state index contributed by atoms with van der Waals surface area (Å²) in [6, 6.07) is 24.0. The zero-order valence-electron chi connectivity index (χ0n) is 18.5. The number of rotatable bonds is 9. The largest absolute Gasteiger partial charge is 0.457 e. The first kappa shape index (κ1) is 23.5. The quantitative estimate of drug-likeness (QED) is 0.207. The number of aromatic nitrogens is 2. The molecule has 4 rings (SSSR count). The number of para-hydroxylation sites is 1. The van der Waals surface area contributed by atoms with Crippen LogP contribution in [-0.2, 0) is 4.79 Å². The fourth-order valence-corrected chi connectivity index (χ4v) is 4.84.